The number of carboxylic acids is 1. The number of hydrogen-bond donors (Lipinski definition) is 1. The molecule has 0 amide bonds. The minimum absolute atomic E-state index is 0.0304. The Kier molecular flexibility index (Phi) is 7.35. The predicted molar refractivity (Wildman–Crippen MR) is 125 cm³/mol. The zero-order valence-corrected chi connectivity index (χ0v) is 19.0. The van der Waals surface area contributed by atoms with Crippen LogP contribution in [0.1, 0.15) is 37.5 Å². The molecule has 0 radical (unpaired) electrons. The van der Waals surface area contributed by atoms with E-state index in [0.717, 1.165) is 17.2 Å². The van der Waals surface area contributed by atoms with Crippen molar-refractivity contribution in [2.45, 2.75) is 39.2 Å². The van der Waals surface area contributed by atoms with E-state index in [-0.39, 0.29) is 17.8 Å². The van der Waals surface area contributed by atoms with Gasteiger partial charge in [-0.15, -0.1) is 13.2 Å². The molecule has 0 fully saturated rings. The fourth-order valence-corrected chi connectivity index (χ4v) is 3.26. The lowest BCUT2D eigenvalue weighted by Gasteiger charge is -2.19. The SMILES string of the molecule is CC(C)(C)c1ccc(-c2ccc(OCc3ccc(OC(F)(F)F)cc3)c(C=CC(=O)O)c2)cc1. The number of benzene rings is 3. The van der Waals surface area contributed by atoms with Gasteiger partial charge in [-0.05, 0) is 58.0 Å². The predicted octanol–water partition coefficient (Wildman–Crippen LogP) is 7.23. The third kappa shape index (κ3) is 7.13. The molecular weight excluding hydrogens is 445 g/mol. The van der Waals surface area contributed by atoms with Crippen molar-refractivity contribution in [1.29, 1.82) is 0 Å². The fraction of sp³-hybridized carbons (Fsp3) is 0.222. The van der Waals surface area contributed by atoms with Crippen LogP contribution < -0.4 is 9.47 Å². The molecule has 34 heavy (non-hydrogen) atoms. The molecule has 0 aliphatic rings. The van der Waals surface area contributed by atoms with Crippen LogP contribution in [0.15, 0.2) is 72.8 Å². The van der Waals surface area contributed by atoms with Crippen LogP contribution in [0.5, 0.6) is 11.5 Å². The first kappa shape index (κ1) is 24.9. The Hall–Kier alpha value is -3.74. The average molecular weight is 470 g/mol. The molecule has 1 N–H and O–H groups in total. The number of carboxylic acid groups (broad SMARTS) is 1. The lowest BCUT2D eigenvalue weighted by molar-refractivity contribution is -0.274. The van der Waals surface area contributed by atoms with Crippen LogP contribution >= 0.6 is 0 Å². The van der Waals surface area contributed by atoms with Crippen LogP contribution in [0.3, 0.4) is 0 Å². The monoisotopic (exact) mass is 470 g/mol. The highest BCUT2D eigenvalue weighted by atomic mass is 19.4. The van der Waals surface area contributed by atoms with Crippen LogP contribution in [0.4, 0.5) is 13.2 Å². The summed E-state index contributed by atoms with van der Waals surface area (Å²) in [6.07, 6.45) is -2.28. The second-order valence-electron chi connectivity index (χ2n) is 8.73. The molecule has 0 aliphatic heterocycles. The maximum Gasteiger partial charge on any atom is 0.573 e. The van der Waals surface area contributed by atoms with Gasteiger partial charge in [0.2, 0.25) is 0 Å². The highest BCUT2D eigenvalue weighted by Gasteiger charge is 2.30. The quantitative estimate of drug-likeness (QED) is 0.370. The number of aliphatic carboxylic acids is 1. The van der Waals surface area contributed by atoms with Crippen LogP contribution in [-0.2, 0) is 16.8 Å². The van der Waals surface area contributed by atoms with E-state index >= 15 is 0 Å². The lowest BCUT2D eigenvalue weighted by atomic mass is 9.86. The summed E-state index contributed by atoms with van der Waals surface area (Å²) in [5.74, 6) is -0.961. The Labute approximate surface area is 196 Å². The van der Waals surface area contributed by atoms with Gasteiger partial charge in [0.05, 0.1) is 0 Å². The van der Waals surface area contributed by atoms with Gasteiger partial charge in [0.1, 0.15) is 18.1 Å². The highest BCUT2D eigenvalue weighted by molar-refractivity contribution is 5.86. The van der Waals surface area contributed by atoms with Gasteiger partial charge in [-0.25, -0.2) is 4.79 Å². The Morgan fingerprint density at radius 1 is 0.912 bits per heavy atom. The minimum atomic E-state index is -4.75. The van der Waals surface area contributed by atoms with Crippen molar-refractivity contribution in [3.8, 4) is 22.6 Å². The van der Waals surface area contributed by atoms with E-state index in [9.17, 15) is 18.0 Å². The van der Waals surface area contributed by atoms with Crippen LogP contribution in [0.25, 0.3) is 17.2 Å². The summed E-state index contributed by atoms with van der Waals surface area (Å²) < 4.78 is 46.7. The number of rotatable bonds is 7. The van der Waals surface area contributed by atoms with Crippen molar-refractivity contribution in [1.82, 2.24) is 0 Å². The third-order valence-electron chi connectivity index (χ3n) is 5.05. The second-order valence-corrected chi connectivity index (χ2v) is 8.73. The third-order valence-corrected chi connectivity index (χ3v) is 5.05. The first-order valence-electron chi connectivity index (χ1n) is 10.5. The molecule has 178 valence electrons. The van der Waals surface area contributed by atoms with Crippen molar-refractivity contribution in [3.05, 3.63) is 89.5 Å². The molecule has 4 nitrogen and oxygen atoms in total. The molecular formula is C27H25F3O4. The van der Waals surface area contributed by atoms with Gasteiger partial charge in [-0.3, -0.25) is 0 Å². The van der Waals surface area contributed by atoms with Crippen LogP contribution in [-0.4, -0.2) is 17.4 Å². The largest absolute Gasteiger partial charge is 0.573 e. The summed E-state index contributed by atoms with van der Waals surface area (Å²) >= 11 is 0. The molecule has 0 saturated heterocycles. The maximum absolute atomic E-state index is 12.3. The van der Waals surface area contributed by atoms with Crippen LogP contribution in [0, 0.1) is 0 Å². The van der Waals surface area contributed by atoms with Gasteiger partial charge in [-0.2, -0.15) is 0 Å². The molecule has 0 spiro atoms. The molecule has 0 aliphatic carbocycles. The van der Waals surface area contributed by atoms with Gasteiger partial charge in [0.25, 0.3) is 0 Å². The number of alkyl halides is 3. The molecule has 3 aromatic carbocycles. The van der Waals surface area contributed by atoms with E-state index in [1.165, 1.54) is 35.9 Å². The van der Waals surface area contributed by atoms with E-state index in [1.54, 1.807) is 6.07 Å². The van der Waals surface area contributed by atoms with Gasteiger partial charge in [0.15, 0.2) is 0 Å². The summed E-state index contributed by atoms with van der Waals surface area (Å²) in [6, 6.07) is 19.0. The smallest absolute Gasteiger partial charge is 0.488 e. The number of ether oxygens (including phenoxy) is 2. The molecule has 0 saturated carbocycles. The van der Waals surface area contributed by atoms with Gasteiger partial charge in [-0.1, -0.05) is 63.2 Å². The zero-order valence-electron chi connectivity index (χ0n) is 19.0. The standard InChI is InChI=1S/C27H25F3O4/c1-26(2,3)22-10-6-19(7-11-22)20-8-14-24(21(16-20)9-15-25(31)32)33-17-18-4-12-23(13-5-18)34-27(28,29)30/h4-16H,17H2,1-3H3,(H,31,32). The molecule has 0 unspecified atom stereocenters. The summed E-state index contributed by atoms with van der Waals surface area (Å²) in [5, 5.41) is 9.05. The second kappa shape index (κ2) is 10.0. The average Bonchev–Trinajstić information content (AvgIpc) is 2.76. The molecule has 0 heterocycles. The van der Waals surface area contributed by atoms with Gasteiger partial charge < -0.3 is 14.6 Å². The first-order valence-corrected chi connectivity index (χ1v) is 10.5. The molecule has 0 aromatic heterocycles. The normalized spacial score (nSPS) is 12.1. The van der Waals surface area contributed by atoms with E-state index < -0.39 is 12.3 Å². The highest BCUT2D eigenvalue weighted by Crippen LogP contribution is 2.31. The minimum Gasteiger partial charge on any atom is -0.488 e. The van der Waals surface area contributed by atoms with Gasteiger partial charge in [0, 0.05) is 11.6 Å². The molecule has 0 atom stereocenters. The van der Waals surface area contributed by atoms with E-state index in [2.05, 4.69) is 37.6 Å². The fourth-order valence-electron chi connectivity index (χ4n) is 3.26. The Morgan fingerprint density at radius 2 is 1.53 bits per heavy atom. The number of halogens is 3. The zero-order chi connectivity index (χ0) is 24.9. The lowest BCUT2D eigenvalue weighted by Crippen LogP contribution is -2.17. The Morgan fingerprint density at radius 3 is 2.09 bits per heavy atom. The first-order chi connectivity index (χ1) is 15.9. The van der Waals surface area contributed by atoms with Crippen molar-refractivity contribution >= 4 is 12.0 Å². The van der Waals surface area contributed by atoms with Crippen LogP contribution in [0.2, 0.25) is 0 Å². The van der Waals surface area contributed by atoms with E-state index in [1.807, 2.05) is 24.3 Å². The summed E-state index contributed by atoms with van der Waals surface area (Å²) in [6.45, 7) is 6.50. The summed E-state index contributed by atoms with van der Waals surface area (Å²) in [5.41, 5.74) is 4.30. The topological polar surface area (TPSA) is 55.8 Å². The van der Waals surface area contributed by atoms with Crippen molar-refractivity contribution in [3.63, 3.8) is 0 Å². The molecule has 3 rings (SSSR count). The van der Waals surface area contributed by atoms with Crippen molar-refractivity contribution in [2.24, 2.45) is 0 Å². The Bertz CT molecular complexity index is 1160. The van der Waals surface area contributed by atoms with Crippen molar-refractivity contribution < 1.29 is 32.5 Å². The van der Waals surface area contributed by atoms with E-state index in [4.69, 9.17) is 9.84 Å². The van der Waals surface area contributed by atoms with E-state index in [0.29, 0.717) is 16.9 Å². The molecule has 0 bridgehead atoms. The number of hydrogen-bond acceptors (Lipinski definition) is 3. The number of carbonyl (C=O) groups is 1. The molecule has 7 heteroatoms. The van der Waals surface area contributed by atoms with Crippen molar-refractivity contribution in [2.75, 3.05) is 0 Å². The Balaban J connectivity index is 1.81. The van der Waals surface area contributed by atoms with Gasteiger partial charge >= 0.3 is 12.3 Å². The summed E-state index contributed by atoms with van der Waals surface area (Å²) in [7, 11) is 0. The molecule has 3 aromatic rings. The summed E-state index contributed by atoms with van der Waals surface area (Å²) in [4.78, 5) is 11.1. The maximum atomic E-state index is 12.3.